The van der Waals surface area contributed by atoms with Crippen LogP contribution in [0.3, 0.4) is 0 Å². The third-order valence-electron chi connectivity index (χ3n) is 3.32. The van der Waals surface area contributed by atoms with Gasteiger partial charge in [-0.1, -0.05) is 15.9 Å². The average molecular weight is 261 g/mol. The van der Waals surface area contributed by atoms with Crippen molar-refractivity contribution in [2.75, 3.05) is 25.0 Å². The normalized spacial score (nSPS) is 35.6. The number of nitrogens with zero attached hydrogens (tertiary/aromatic N) is 1. The van der Waals surface area contributed by atoms with E-state index in [0.717, 1.165) is 17.8 Å². The van der Waals surface area contributed by atoms with E-state index in [1.807, 2.05) is 0 Å². The molecule has 0 aromatic rings. The maximum absolute atomic E-state index is 11.4. The van der Waals surface area contributed by atoms with Gasteiger partial charge in [-0.15, -0.1) is 0 Å². The molecule has 3 saturated heterocycles. The Morgan fingerprint density at radius 1 is 1.43 bits per heavy atom. The number of amides is 1. The zero-order chi connectivity index (χ0) is 9.97. The van der Waals surface area contributed by atoms with Crippen LogP contribution in [0, 0.1) is 5.92 Å². The molecule has 3 aliphatic rings. The molecule has 3 nitrogen and oxygen atoms in total. The van der Waals surface area contributed by atoms with E-state index in [4.69, 9.17) is 0 Å². The molecule has 1 unspecified atom stereocenters. The fraction of sp³-hybridized carbons (Fsp3) is 0.900. The van der Waals surface area contributed by atoms with Crippen molar-refractivity contribution in [2.24, 2.45) is 5.92 Å². The lowest BCUT2D eigenvalue weighted by Crippen LogP contribution is -2.57. The van der Waals surface area contributed by atoms with Gasteiger partial charge in [-0.3, -0.25) is 4.79 Å². The Bertz CT molecular complexity index is 214. The van der Waals surface area contributed by atoms with Crippen LogP contribution >= 0.6 is 15.9 Å². The largest absolute Gasteiger partial charge is 0.352 e. The van der Waals surface area contributed by atoms with Crippen LogP contribution in [-0.4, -0.2) is 41.8 Å². The number of hydrogen-bond donors (Lipinski definition) is 1. The molecule has 4 heteroatoms. The van der Waals surface area contributed by atoms with E-state index in [1.165, 1.54) is 25.9 Å². The van der Waals surface area contributed by atoms with Gasteiger partial charge in [0.15, 0.2) is 0 Å². The Kier molecular flexibility index (Phi) is 3.44. The Morgan fingerprint density at radius 3 is 2.64 bits per heavy atom. The Balaban J connectivity index is 1.83. The van der Waals surface area contributed by atoms with Gasteiger partial charge in [0.1, 0.15) is 0 Å². The first-order chi connectivity index (χ1) is 6.79. The van der Waals surface area contributed by atoms with Gasteiger partial charge in [-0.05, 0) is 31.8 Å². The summed E-state index contributed by atoms with van der Waals surface area (Å²) in [6.07, 6.45) is 3.13. The van der Waals surface area contributed by atoms with Crippen LogP contribution in [0.5, 0.6) is 0 Å². The van der Waals surface area contributed by atoms with Crippen molar-refractivity contribution >= 4 is 21.8 Å². The highest BCUT2D eigenvalue weighted by molar-refractivity contribution is 9.09. The monoisotopic (exact) mass is 260 g/mol. The molecule has 0 aromatic carbocycles. The first kappa shape index (κ1) is 10.4. The third kappa shape index (κ3) is 2.28. The highest BCUT2D eigenvalue weighted by atomic mass is 79.9. The molecule has 14 heavy (non-hydrogen) atoms. The maximum Gasteiger partial charge on any atom is 0.221 e. The van der Waals surface area contributed by atoms with Crippen molar-refractivity contribution in [1.29, 1.82) is 0 Å². The lowest BCUT2D eigenvalue weighted by atomic mass is 9.84. The second kappa shape index (κ2) is 4.62. The van der Waals surface area contributed by atoms with E-state index in [1.54, 1.807) is 0 Å². The highest BCUT2D eigenvalue weighted by Crippen LogP contribution is 2.27. The van der Waals surface area contributed by atoms with Crippen LogP contribution in [-0.2, 0) is 4.79 Å². The van der Waals surface area contributed by atoms with Crippen LogP contribution in [0.15, 0.2) is 0 Å². The van der Waals surface area contributed by atoms with Crippen molar-refractivity contribution in [2.45, 2.75) is 25.3 Å². The summed E-state index contributed by atoms with van der Waals surface area (Å²) in [7, 11) is 0. The van der Waals surface area contributed by atoms with Gasteiger partial charge in [0.2, 0.25) is 5.91 Å². The van der Waals surface area contributed by atoms with Gasteiger partial charge in [0.05, 0.1) is 0 Å². The molecule has 1 atom stereocenters. The highest BCUT2D eigenvalue weighted by Gasteiger charge is 2.34. The fourth-order valence-corrected chi connectivity index (χ4v) is 2.85. The third-order valence-corrected chi connectivity index (χ3v) is 3.72. The number of carbonyl (C=O) groups is 1. The molecule has 80 valence electrons. The Morgan fingerprint density at radius 2 is 2.14 bits per heavy atom. The molecule has 2 bridgehead atoms. The number of alkyl halides is 1. The van der Waals surface area contributed by atoms with Gasteiger partial charge in [-0.2, -0.15) is 0 Å². The molecule has 1 N–H and O–H groups in total. The molecule has 0 saturated carbocycles. The van der Waals surface area contributed by atoms with E-state index in [2.05, 4.69) is 26.1 Å². The van der Waals surface area contributed by atoms with Crippen molar-refractivity contribution in [3.63, 3.8) is 0 Å². The summed E-state index contributed by atoms with van der Waals surface area (Å²) >= 11 is 3.28. The number of nitrogens with one attached hydrogen (secondary N) is 1. The molecule has 3 fully saturated rings. The predicted molar refractivity (Wildman–Crippen MR) is 59.5 cm³/mol. The molecule has 0 aromatic heterocycles. The van der Waals surface area contributed by atoms with Gasteiger partial charge < -0.3 is 10.2 Å². The summed E-state index contributed by atoms with van der Waals surface area (Å²) in [6.45, 7) is 3.53. The number of rotatable bonds is 3. The summed E-state index contributed by atoms with van der Waals surface area (Å²) in [4.78, 5) is 13.9. The van der Waals surface area contributed by atoms with Gasteiger partial charge in [0, 0.05) is 24.3 Å². The number of fused-ring (bicyclic) bond motifs is 3. The molecule has 0 spiro atoms. The lowest BCUT2D eigenvalue weighted by molar-refractivity contribution is -0.122. The minimum absolute atomic E-state index is 0.195. The van der Waals surface area contributed by atoms with Crippen LogP contribution in [0.25, 0.3) is 0 Å². The van der Waals surface area contributed by atoms with E-state index in [0.29, 0.717) is 12.5 Å². The van der Waals surface area contributed by atoms with Crippen LogP contribution < -0.4 is 5.32 Å². The molecule has 1 amide bonds. The zero-order valence-corrected chi connectivity index (χ0v) is 9.92. The molecule has 0 aliphatic carbocycles. The number of carbonyl (C=O) groups excluding carboxylic acids is 1. The van der Waals surface area contributed by atoms with E-state index >= 15 is 0 Å². The minimum Gasteiger partial charge on any atom is -0.352 e. The van der Waals surface area contributed by atoms with Crippen molar-refractivity contribution in [1.82, 2.24) is 10.2 Å². The summed E-state index contributed by atoms with van der Waals surface area (Å²) in [6, 6.07) is 0.420. The topological polar surface area (TPSA) is 32.3 Å². The van der Waals surface area contributed by atoms with Crippen LogP contribution in [0.4, 0.5) is 0 Å². The van der Waals surface area contributed by atoms with Crippen molar-refractivity contribution in [3.05, 3.63) is 0 Å². The standard InChI is InChI=1S/C10H17BrN2O/c11-4-1-10(14)12-9-7-13-5-2-8(9)3-6-13/h8-9H,1-7H2,(H,12,14). The van der Waals surface area contributed by atoms with E-state index in [9.17, 15) is 4.79 Å². The fourth-order valence-electron chi connectivity index (χ4n) is 2.49. The summed E-state index contributed by atoms with van der Waals surface area (Å²) in [5, 5.41) is 3.90. The maximum atomic E-state index is 11.4. The SMILES string of the molecule is O=C(CCBr)NC1CN2CCC1CC2. The lowest BCUT2D eigenvalue weighted by Gasteiger charge is -2.44. The summed E-state index contributed by atoms with van der Waals surface area (Å²) in [5.74, 6) is 0.930. The molecule has 3 heterocycles. The molecule has 0 radical (unpaired) electrons. The molecular formula is C10H17BrN2O. The Labute approximate surface area is 93.4 Å². The number of hydrogen-bond acceptors (Lipinski definition) is 2. The quantitative estimate of drug-likeness (QED) is 0.768. The van der Waals surface area contributed by atoms with Gasteiger partial charge in [0.25, 0.3) is 0 Å². The predicted octanol–water partition coefficient (Wildman–Crippen LogP) is 0.982. The van der Waals surface area contributed by atoms with Crippen molar-refractivity contribution < 1.29 is 4.79 Å². The van der Waals surface area contributed by atoms with Gasteiger partial charge in [-0.25, -0.2) is 0 Å². The zero-order valence-electron chi connectivity index (χ0n) is 8.34. The summed E-state index contributed by atoms with van der Waals surface area (Å²) < 4.78 is 0. The van der Waals surface area contributed by atoms with Crippen LogP contribution in [0.2, 0.25) is 0 Å². The molecule has 3 rings (SSSR count). The van der Waals surface area contributed by atoms with Gasteiger partial charge >= 0.3 is 0 Å². The second-order valence-corrected chi connectivity index (χ2v) is 5.04. The smallest absolute Gasteiger partial charge is 0.221 e. The minimum atomic E-state index is 0.195. The van der Waals surface area contributed by atoms with E-state index < -0.39 is 0 Å². The number of piperidine rings is 3. The average Bonchev–Trinajstić information content (AvgIpc) is 2.19. The van der Waals surface area contributed by atoms with Crippen molar-refractivity contribution in [3.8, 4) is 0 Å². The summed E-state index contributed by atoms with van der Waals surface area (Å²) in [5.41, 5.74) is 0. The second-order valence-electron chi connectivity index (χ2n) is 4.25. The molecular weight excluding hydrogens is 244 g/mol. The van der Waals surface area contributed by atoms with Crippen LogP contribution in [0.1, 0.15) is 19.3 Å². The molecule has 3 aliphatic heterocycles. The first-order valence-corrected chi connectivity index (χ1v) is 6.49. The number of halogens is 1. The van der Waals surface area contributed by atoms with E-state index in [-0.39, 0.29) is 5.91 Å². The Hall–Kier alpha value is -0.0900. The first-order valence-electron chi connectivity index (χ1n) is 5.37.